The zero-order chi connectivity index (χ0) is 15.9. The average Bonchev–Trinajstić information content (AvgIpc) is 2.41. The third kappa shape index (κ3) is 17.0. The Hall–Kier alpha value is -1.08. The van der Waals surface area contributed by atoms with E-state index in [1.54, 1.807) is 13.0 Å². The first-order valence-electron chi connectivity index (χ1n) is 7.23. The average molecular weight is 327 g/mol. The summed E-state index contributed by atoms with van der Waals surface area (Å²) in [6, 6.07) is 0. The van der Waals surface area contributed by atoms with Crippen LogP contribution in [0.3, 0.4) is 0 Å². The molecule has 0 heterocycles. The van der Waals surface area contributed by atoms with Crippen molar-refractivity contribution in [3.63, 3.8) is 0 Å². The minimum absolute atomic E-state index is 0. The van der Waals surface area contributed by atoms with Gasteiger partial charge in [0, 0.05) is 18.9 Å². The van der Waals surface area contributed by atoms with E-state index in [1.807, 2.05) is 0 Å². The van der Waals surface area contributed by atoms with E-state index in [4.69, 9.17) is 14.6 Å². The summed E-state index contributed by atoms with van der Waals surface area (Å²) in [5.74, 6) is -1.58. The summed E-state index contributed by atoms with van der Waals surface area (Å²) in [5.41, 5.74) is 0. The quantitative estimate of drug-likeness (QED) is 0.256. The number of carboxylic acid groups (broad SMARTS) is 1. The first-order chi connectivity index (χ1) is 10.1. The van der Waals surface area contributed by atoms with Crippen molar-refractivity contribution in [2.45, 2.75) is 51.9 Å². The summed E-state index contributed by atoms with van der Waals surface area (Å²) < 4.78 is 9.91. The Kier molecular flexibility index (Phi) is 17.2. The zero-order valence-corrected chi connectivity index (χ0v) is 14.6. The van der Waals surface area contributed by atoms with Gasteiger partial charge in [0.25, 0.3) is 0 Å². The second kappa shape index (κ2) is 16.3. The number of unbranched alkanes of at least 4 members (excludes halogenated alkanes) is 3. The van der Waals surface area contributed by atoms with Gasteiger partial charge in [-0.1, -0.05) is 6.08 Å². The molecule has 0 aromatic carbocycles. The van der Waals surface area contributed by atoms with Gasteiger partial charge in [-0.3, -0.25) is 9.59 Å². The normalized spacial score (nSPS) is 10.0. The fourth-order valence-corrected chi connectivity index (χ4v) is 1.56. The van der Waals surface area contributed by atoms with Gasteiger partial charge in [0.1, 0.15) is 0 Å². The Morgan fingerprint density at radius 2 is 1.55 bits per heavy atom. The van der Waals surface area contributed by atoms with Crippen LogP contribution in [0.2, 0.25) is 0 Å². The fraction of sp³-hybridized carbons (Fsp3) is 0.667. The van der Waals surface area contributed by atoms with E-state index in [0.29, 0.717) is 19.6 Å². The van der Waals surface area contributed by atoms with Gasteiger partial charge in [-0.2, -0.15) is 0 Å². The van der Waals surface area contributed by atoms with Gasteiger partial charge >= 0.3 is 41.0 Å². The maximum atomic E-state index is 11.2. The number of ether oxygens (including phenoxy) is 2. The molecule has 0 saturated heterocycles. The molecule has 0 aromatic rings. The molecule has 0 spiro atoms. The Morgan fingerprint density at radius 1 is 0.955 bits per heavy atom. The number of esters is 2. The molecule has 0 rings (SSSR count). The molecule has 6 nitrogen and oxygen atoms in total. The molecule has 0 aromatic heterocycles. The maximum Gasteiger partial charge on any atom is 2.00 e. The Bertz CT molecular complexity index is 364. The first-order valence-corrected chi connectivity index (χ1v) is 7.23. The fourth-order valence-electron chi connectivity index (χ4n) is 1.56. The van der Waals surface area contributed by atoms with Crippen molar-refractivity contribution < 1.29 is 31.8 Å². The Morgan fingerprint density at radius 3 is 2.09 bits per heavy atom. The van der Waals surface area contributed by atoms with Gasteiger partial charge < -0.3 is 17.4 Å². The minimum atomic E-state index is -0.905. The van der Waals surface area contributed by atoms with Crippen LogP contribution >= 0.6 is 0 Å². The van der Waals surface area contributed by atoms with Gasteiger partial charge in [-0.05, 0) is 39.0 Å². The molecule has 1 N–H and O–H groups in total. The summed E-state index contributed by atoms with van der Waals surface area (Å²) in [5, 5.41) is 8.42. The number of hydrogen-bond acceptors (Lipinski definition) is 5. The number of aliphatic carboxylic acids is 1. The summed E-state index contributed by atoms with van der Waals surface area (Å²) in [7, 11) is 0. The second-order valence-electron chi connectivity index (χ2n) is 4.55. The van der Waals surface area contributed by atoms with Crippen molar-refractivity contribution in [2.75, 3.05) is 13.2 Å². The first kappa shape index (κ1) is 23.2. The van der Waals surface area contributed by atoms with Crippen molar-refractivity contribution >= 4 is 41.0 Å². The van der Waals surface area contributed by atoms with E-state index in [1.165, 1.54) is 6.08 Å². The number of carbonyl (C=O) groups is 3. The largest absolute Gasteiger partial charge is 2.00 e. The molecule has 0 radical (unpaired) electrons. The number of rotatable bonds is 12. The van der Waals surface area contributed by atoms with Crippen LogP contribution in [0, 0.1) is 0 Å². The molecule has 0 aliphatic rings. The number of carbonyl (C=O) groups excluding carboxylic acids is 2. The third-order valence-corrected chi connectivity index (χ3v) is 2.62. The molecule has 0 unspecified atom stereocenters. The van der Waals surface area contributed by atoms with Crippen molar-refractivity contribution in [2.24, 2.45) is 0 Å². The number of allylic oxidation sites excluding steroid dienone is 1. The Labute approximate surface area is 150 Å². The molecule has 0 amide bonds. The van der Waals surface area contributed by atoms with E-state index >= 15 is 0 Å². The van der Waals surface area contributed by atoms with E-state index in [2.05, 4.69) is 0 Å². The van der Waals surface area contributed by atoms with Crippen LogP contribution in [0.25, 0.3) is 0 Å². The van der Waals surface area contributed by atoms with Crippen molar-refractivity contribution in [1.29, 1.82) is 0 Å². The Balaban J connectivity index is -0.000000667. The SMILES string of the molecule is CC=CC(=O)OCCCCCCOC(=O)CCCC(=O)O.[H-].[H-].[Mg+2]. The minimum Gasteiger partial charge on any atom is -1.00 e. The van der Waals surface area contributed by atoms with Crippen molar-refractivity contribution in [3.05, 3.63) is 12.2 Å². The van der Waals surface area contributed by atoms with Gasteiger partial charge in [-0.15, -0.1) is 0 Å². The van der Waals surface area contributed by atoms with Crippen LogP contribution in [0.15, 0.2) is 12.2 Å². The van der Waals surface area contributed by atoms with E-state index in [-0.39, 0.29) is 50.7 Å². The molecule has 0 bridgehead atoms. The van der Waals surface area contributed by atoms with Crippen LogP contribution in [0.4, 0.5) is 0 Å². The van der Waals surface area contributed by atoms with Gasteiger partial charge in [0.05, 0.1) is 13.2 Å². The molecule has 0 saturated carbocycles. The van der Waals surface area contributed by atoms with Crippen LogP contribution in [-0.4, -0.2) is 59.3 Å². The van der Waals surface area contributed by atoms with Crippen LogP contribution < -0.4 is 0 Å². The smallest absolute Gasteiger partial charge is 1.00 e. The summed E-state index contributed by atoms with van der Waals surface area (Å²) in [6.07, 6.45) is 6.80. The second-order valence-corrected chi connectivity index (χ2v) is 4.55. The van der Waals surface area contributed by atoms with Gasteiger partial charge in [-0.25, -0.2) is 4.79 Å². The maximum absolute atomic E-state index is 11.2. The third-order valence-electron chi connectivity index (χ3n) is 2.62. The van der Waals surface area contributed by atoms with Crippen LogP contribution in [0.1, 0.15) is 54.7 Å². The molecule has 0 aliphatic carbocycles. The molecule has 0 fully saturated rings. The van der Waals surface area contributed by atoms with Crippen LogP contribution in [0.5, 0.6) is 0 Å². The molecular formula is C15H26MgO6. The summed E-state index contributed by atoms with van der Waals surface area (Å²) in [4.78, 5) is 32.5. The predicted molar refractivity (Wildman–Crippen MR) is 84.7 cm³/mol. The zero-order valence-electron chi connectivity index (χ0n) is 15.2. The van der Waals surface area contributed by atoms with Crippen molar-refractivity contribution in [1.82, 2.24) is 0 Å². The number of hydrogen-bond donors (Lipinski definition) is 1. The van der Waals surface area contributed by atoms with Crippen LogP contribution in [-0.2, 0) is 23.9 Å². The summed E-state index contributed by atoms with van der Waals surface area (Å²) in [6.45, 7) is 2.51. The molecule has 0 aliphatic heterocycles. The van der Waals surface area contributed by atoms with E-state index in [0.717, 1.165) is 25.7 Å². The molecule has 124 valence electrons. The van der Waals surface area contributed by atoms with Gasteiger partial charge in [0.2, 0.25) is 0 Å². The standard InChI is InChI=1S/C15H24O6.Mg.2H/c1-2-8-14(18)20-11-5-3-4-6-12-21-15(19)10-7-9-13(16)17;;;/h2,8H,3-7,9-12H2,1H3,(H,16,17);;;/q;+2;2*-1. The molecule has 0 atom stereocenters. The van der Waals surface area contributed by atoms with E-state index in [9.17, 15) is 14.4 Å². The topological polar surface area (TPSA) is 89.9 Å². The predicted octanol–water partition coefficient (Wildman–Crippen LogP) is 2.31. The summed E-state index contributed by atoms with van der Waals surface area (Å²) >= 11 is 0. The van der Waals surface area contributed by atoms with Gasteiger partial charge in [0.15, 0.2) is 0 Å². The molecule has 7 heteroatoms. The van der Waals surface area contributed by atoms with Crippen molar-refractivity contribution in [3.8, 4) is 0 Å². The van der Waals surface area contributed by atoms with E-state index < -0.39 is 5.97 Å². The monoisotopic (exact) mass is 326 g/mol. The molecular weight excluding hydrogens is 300 g/mol. The number of carboxylic acids is 1. The molecule has 22 heavy (non-hydrogen) atoms.